The first-order chi connectivity index (χ1) is 4.66. The van der Waals surface area contributed by atoms with Gasteiger partial charge in [-0.1, -0.05) is 6.08 Å². The lowest BCUT2D eigenvalue weighted by Gasteiger charge is -1.98. The minimum atomic E-state index is 0.240. The number of nitrogens with two attached hydrogens (primary N) is 2. The zero-order valence-electron chi connectivity index (χ0n) is 6.35. The quantitative estimate of drug-likeness (QED) is 0.403. The predicted octanol–water partition coefficient (Wildman–Crippen LogP) is 0.955. The van der Waals surface area contributed by atoms with Crippen molar-refractivity contribution in [1.29, 1.82) is 5.41 Å². The molecular weight excluding hydrogens is 126 g/mol. The predicted molar refractivity (Wildman–Crippen MR) is 43.7 cm³/mol. The fourth-order valence-corrected chi connectivity index (χ4v) is 0.627. The van der Waals surface area contributed by atoms with Crippen molar-refractivity contribution in [1.82, 2.24) is 0 Å². The average Bonchev–Trinajstić information content (AvgIpc) is 1.87. The lowest BCUT2D eigenvalue weighted by atomic mass is 10.2. The van der Waals surface area contributed by atoms with Crippen molar-refractivity contribution in [2.24, 2.45) is 11.5 Å². The number of hydrogen-bond donors (Lipinski definition) is 3. The van der Waals surface area contributed by atoms with E-state index in [0.717, 1.165) is 18.5 Å². The number of allylic oxidation sites excluding steroid dienone is 2. The first kappa shape index (κ1) is 9.01. The van der Waals surface area contributed by atoms with Crippen molar-refractivity contribution in [2.45, 2.75) is 26.2 Å². The molecule has 0 bridgehead atoms. The van der Waals surface area contributed by atoms with Crippen LogP contribution in [0.2, 0.25) is 0 Å². The minimum Gasteiger partial charge on any atom is -0.402 e. The Morgan fingerprint density at radius 3 is 2.40 bits per heavy atom. The van der Waals surface area contributed by atoms with E-state index in [1.807, 2.05) is 13.0 Å². The molecule has 10 heavy (non-hydrogen) atoms. The Morgan fingerprint density at radius 2 is 2.00 bits per heavy atom. The van der Waals surface area contributed by atoms with Gasteiger partial charge in [0.2, 0.25) is 0 Å². The Balaban J connectivity index is 3.29. The summed E-state index contributed by atoms with van der Waals surface area (Å²) in [5.74, 6) is 0.240. The lowest BCUT2D eigenvalue weighted by Crippen LogP contribution is -2.09. The van der Waals surface area contributed by atoms with Crippen LogP contribution in [0.15, 0.2) is 11.8 Å². The van der Waals surface area contributed by atoms with E-state index in [2.05, 4.69) is 0 Å². The molecule has 3 heteroatoms. The van der Waals surface area contributed by atoms with Crippen LogP contribution in [0.1, 0.15) is 26.2 Å². The van der Waals surface area contributed by atoms with E-state index < -0.39 is 0 Å². The molecular formula is C7H15N3. The van der Waals surface area contributed by atoms with Crippen LogP contribution in [0.25, 0.3) is 0 Å². The van der Waals surface area contributed by atoms with E-state index >= 15 is 0 Å². The summed E-state index contributed by atoms with van der Waals surface area (Å²) in [4.78, 5) is 0. The zero-order valence-corrected chi connectivity index (χ0v) is 6.35. The summed E-state index contributed by atoms with van der Waals surface area (Å²) in [6.45, 7) is 1.91. The summed E-state index contributed by atoms with van der Waals surface area (Å²) in [5.41, 5.74) is 11.5. The van der Waals surface area contributed by atoms with Crippen LogP contribution in [-0.2, 0) is 0 Å². The van der Waals surface area contributed by atoms with Crippen LogP contribution >= 0.6 is 0 Å². The van der Waals surface area contributed by atoms with Crippen molar-refractivity contribution in [2.75, 3.05) is 0 Å². The standard InChI is InChI=1S/C7H15N3/c1-2-6(8)4-3-5-7(9)10/h2H,3-5,8H2,1H3,(H3,9,10)/b6-2+. The van der Waals surface area contributed by atoms with E-state index in [9.17, 15) is 0 Å². The fourth-order valence-electron chi connectivity index (χ4n) is 0.627. The Labute approximate surface area is 61.6 Å². The smallest absolute Gasteiger partial charge is 0.0905 e. The highest BCUT2D eigenvalue weighted by molar-refractivity contribution is 5.76. The van der Waals surface area contributed by atoms with E-state index in [1.165, 1.54) is 0 Å². The molecule has 0 aromatic rings. The number of rotatable bonds is 4. The molecule has 5 N–H and O–H groups in total. The van der Waals surface area contributed by atoms with Gasteiger partial charge < -0.3 is 11.5 Å². The van der Waals surface area contributed by atoms with Crippen LogP contribution in [0.3, 0.4) is 0 Å². The molecule has 0 aromatic carbocycles. The number of nitrogens with one attached hydrogen (secondary N) is 1. The normalized spacial score (nSPS) is 11.5. The summed E-state index contributed by atoms with van der Waals surface area (Å²) >= 11 is 0. The molecule has 0 radical (unpaired) electrons. The first-order valence-electron chi connectivity index (χ1n) is 3.40. The third kappa shape index (κ3) is 5.15. The van der Waals surface area contributed by atoms with Gasteiger partial charge in [-0.15, -0.1) is 0 Å². The Morgan fingerprint density at radius 1 is 1.40 bits per heavy atom. The third-order valence-corrected chi connectivity index (χ3v) is 1.28. The fraction of sp³-hybridized carbons (Fsp3) is 0.571. The minimum absolute atomic E-state index is 0.240. The van der Waals surface area contributed by atoms with Gasteiger partial charge in [-0.2, -0.15) is 0 Å². The topological polar surface area (TPSA) is 75.9 Å². The van der Waals surface area contributed by atoms with Gasteiger partial charge in [0.25, 0.3) is 0 Å². The van der Waals surface area contributed by atoms with Crippen molar-refractivity contribution < 1.29 is 0 Å². The largest absolute Gasteiger partial charge is 0.402 e. The van der Waals surface area contributed by atoms with Crippen molar-refractivity contribution in [3.05, 3.63) is 11.8 Å². The molecule has 0 rings (SSSR count). The maximum absolute atomic E-state index is 6.91. The molecule has 0 heterocycles. The lowest BCUT2D eigenvalue weighted by molar-refractivity contribution is 0.836. The summed E-state index contributed by atoms with van der Waals surface area (Å²) in [6.07, 6.45) is 4.25. The average molecular weight is 141 g/mol. The van der Waals surface area contributed by atoms with Gasteiger partial charge in [-0.25, -0.2) is 0 Å². The van der Waals surface area contributed by atoms with Crippen molar-refractivity contribution in [3.63, 3.8) is 0 Å². The molecule has 0 atom stereocenters. The van der Waals surface area contributed by atoms with Crippen LogP contribution in [0.5, 0.6) is 0 Å². The molecule has 0 fully saturated rings. The van der Waals surface area contributed by atoms with Crippen LogP contribution in [0, 0.1) is 5.41 Å². The van der Waals surface area contributed by atoms with Gasteiger partial charge in [0.1, 0.15) is 0 Å². The van der Waals surface area contributed by atoms with E-state index in [4.69, 9.17) is 16.9 Å². The Hall–Kier alpha value is -0.990. The third-order valence-electron chi connectivity index (χ3n) is 1.28. The van der Waals surface area contributed by atoms with E-state index in [-0.39, 0.29) is 5.84 Å². The molecule has 0 aliphatic rings. The second-order valence-electron chi connectivity index (χ2n) is 2.24. The van der Waals surface area contributed by atoms with E-state index in [0.29, 0.717) is 6.42 Å². The van der Waals surface area contributed by atoms with Gasteiger partial charge in [0, 0.05) is 12.1 Å². The maximum Gasteiger partial charge on any atom is 0.0905 e. The van der Waals surface area contributed by atoms with E-state index in [1.54, 1.807) is 0 Å². The van der Waals surface area contributed by atoms with Gasteiger partial charge in [-0.05, 0) is 19.8 Å². The van der Waals surface area contributed by atoms with Gasteiger partial charge in [-0.3, -0.25) is 5.41 Å². The zero-order chi connectivity index (χ0) is 7.98. The van der Waals surface area contributed by atoms with Gasteiger partial charge >= 0.3 is 0 Å². The molecule has 0 saturated heterocycles. The van der Waals surface area contributed by atoms with Crippen molar-refractivity contribution >= 4 is 5.84 Å². The molecule has 0 aliphatic carbocycles. The highest BCUT2D eigenvalue weighted by Gasteiger charge is 1.91. The summed E-state index contributed by atoms with van der Waals surface area (Å²) < 4.78 is 0. The molecule has 0 unspecified atom stereocenters. The summed E-state index contributed by atoms with van der Waals surface area (Å²) in [7, 11) is 0. The molecule has 0 aliphatic heterocycles. The second-order valence-corrected chi connectivity index (χ2v) is 2.24. The maximum atomic E-state index is 6.91. The summed E-state index contributed by atoms with van der Waals surface area (Å²) in [6, 6.07) is 0. The second kappa shape index (κ2) is 4.85. The number of hydrogen-bond acceptors (Lipinski definition) is 2. The molecule has 58 valence electrons. The Bertz CT molecular complexity index is 138. The van der Waals surface area contributed by atoms with Crippen LogP contribution in [0.4, 0.5) is 0 Å². The molecule has 0 aromatic heterocycles. The van der Waals surface area contributed by atoms with Crippen LogP contribution in [-0.4, -0.2) is 5.84 Å². The van der Waals surface area contributed by atoms with Gasteiger partial charge in [0.05, 0.1) is 5.84 Å². The monoisotopic (exact) mass is 141 g/mol. The van der Waals surface area contributed by atoms with Crippen LogP contribution < -0.4 is 11.5 Å². The van der Waals surface area contributed by atoms with Gasteiger partial charge in [0.15, 0.2) is 0 Å². The molecule has 0 saturated carbocycles. The SMILES string of the molecule is C/C=C(/N)CCCC(=N)N. The molecule has 0 amide bonds. The molecule has 3 nitrogen and oxygen atoms in total. The molecule has 0 spiro atoms. The number of amidine groups is 1. The Kier molecular flexibility index (Phi) is 4.37. The summed E-state index contributed by atoms with van der Waals surface area (Å²) in [5, 5.41) is 6.91. The first-order valence-corrected chi connectivity index (χ1v) is 3.40. The highest BCUT2D eigenvalue weighted by atomic mass is 14.7. The van der Waals surface area contributed by atoms with Crippen molar-refractivity contribution in [3.8, 4) is 0 Å². The highest BCUT2D eigenvalue weighted by Crippen LogP contribution is 2.00.